The SMILES string of the molecule is CCNC(=NCC(O)Cc1ccccc1)N1CCCC(C(=O)OCC)C1. The molecular formula is C20H31N3O3. The maximum absolute atomic E-state index is 12.0. The number of benzene rings is 1. The number of carbonyl (C=O) groups is 1. The number of hydrogen-bond acceptors (Lipinski definition) is 4. The largest absolute Gasteiger partial charge is 0.466 e. The van der Waals surface area contributed by atoms with E-state index in [4.69, 9.17) is 4.74 Å². The van der Waals surface area contributed by atoms with Gasteiger partial charge >= 0.3 is 5.97 Å². The Kier molecular flexibility index (Phi) is 8.41. The monoisotopic (exact) mass is 361 g/mol. The van der Waals surface area contributed by atoms with Gasteiger partial charge in [-0.25, -0.2) is 0 Å². The van der Waals surface area contributed by atoms with Crippen LogP contribution in [0.15, 0.2) is 35.3 Å². The molecule has 1 heterocycles. The number of likely N-dealkylation sites (tertiary alicyclic amines) is 1. The van der Waals surface area contributed by atoms with E-state index < -0.39 is 6.10 Å². The van der Waals surface area contributed by atoms with Crippen LogP contribution in [0.25, 0.3) is 0 Å². The lowest BCUT2D eigenvalue weighted by Crippen LogP contribution is -2.48. The van der Waals surface area contributed by atoms with Gasteiger partial charge in [0.05, 0.1) is 25.2 Å². The van der Waals surface area contributed by atoms with Crippen molar-refractivity contribution < 1.29 is 14.6 Å². The zero-order chi connectivity index (χ0) is 18.8. The smallest absolute Gasteiger partial charge is 0.310 e. The molecule has 2 unspecified atom stereocenters. The average Bonchev–Trinajstić information content (AvgIpc) is 2.66. The van der Waals surface area contributed by atoms with Crippen molar-refractivity contribution in [3.8, 4) is 0 Å². The fraction of sp³-hybridized carbons (Fsp3) is 0.600. The fourth-order valence-corrected chi connectivity index (χ4v) is 3.19. The van der Waals surface area contributed by atoms with Crippen LogP contribution < -0.4 is 5.32 Å². The summed E-state index contributed by atoms with van der Waals surface area (Å²) >= 11 is 0. The summed E-state index contributed by atoms with van der Waals surface area (Å²) in [5, 5.41) is 13.6. The topological polar surface area (TPSA) is 74.2 Å². The molecule has 1 aromatic rings. The molecule has 0 spiro atoms. The van der Waals surface area contributed by atoms with Crippen LogP contribution in [-0.2, 0) is 16.0 Å². The Labute approximate surface area is 156 Å². The number of nitrogens with zero attached hydrogens (tertiary/aromatic N) is 2. The molecule has 2 atom stereocenters. The van der Waals surface area contributed by atoms with Gasteiger partial charge in [0.15, 0.2) is 5.96 Å². The van der Waals surface area contributed by atoms with Gasteiger partial charge in [-0.05, 0) is 32.3 Å². The lowest BCUT2D eigenvalue weighted by Gasteiger charge is -2.34. The van der Waals surface area contributed by atoms with Crippen molar-refractivity contribution >= 4 is 11.9 Å². The molecule has 0 amide bonds. The van der Waals surface area contributed by atoms with Gasteiger partial charge in [-0.3, -0.25) is 9.79 Å². The predicted octanol–water partition coefficient (Wildman–Crippen LogP) is 1.83. The van der Waals surface area contributed by atoms with Gasteiger partial charge in [0.25, 0.3) is 0 Å². The Balaban J connectivity index is 1.95. The molecule has 0 aliphatic carbocycles. The van der Waals surface area contributed by atoms with Gasteiger partial charge in [0.1, 0.15) is 0 Å². The zero-order valence-electron chi connectivity index (χ0n) is 15.9. The van der Waals surface area contributed by atoms with Crippen LogP contribution in [0, 0.1) is 5.92 Å². The maximum atomic E-state index is 12.0. The van der Waals surface area contributed by atoms with E-state index in [2.05, 4.69) is 15.2 Å². The fourth-order valence-electron chi connectivity index (χ4n) is 3.19. The second-order valence-electron chi connectivity index (χ2n) is 6.58. The number of aliphatic hydroxyl groups is 1. The van der Waals surface area contributed by atoms with Crippen molar-refractivity contribution in [1.82, 2.24) is 10.2 Å². The van der Waals surface area contributed by atoms with Crippen molar-refractivity contribution in [3.05, 3.63) is 35.9 Å². The molecule has 1 saturated heterocycles. The zero-order valence-corrected chi connectivity index (χ0v) is 15.9. The predicted molar refractivity (Wildman–Crippen MR) is 103 cm³/mol. The molecule has 0 radical (unpaired) electrons. The summed E-state index contributed by atoms with van der Waals surface area (Å²) in [7, 11) is 0. The minimum atomic E-state index is -0.531. The van der Waals surface area contributed by atoms with Crippen LogP contribution >= 0.6 is 0 Å². The number of nitrogens with one attached hydrogen (secondary N) is 1. The van der Waals surface area contributed by atoms with E-state index in [9.17, 15) is 9.90 Å². The van der Waals surface area contributed by atoms with E-state index in [1.807, 2.05) is 44.2 Å². The first-order valence-electron chi connectivity index (χ1n) is 9.55. The number of rotatable bonds is 7. The molecular weight excluding hydrogens is 330 g/mol. The number of esters is 1. The second kappa shape index (κ2) is 10.8. The summed E-state index contributed by atoms with van der Waals surface area (Å²) in [5.74, 6) is 0.521. The molecule has 2 N–H and O–H groups in total. The molecule has 0 saturated carbocycles. The normalized spacial score (nSPS) is 19.1. The van der Waals surface area contributed by atoms with Crippen molar-refractivity contribution in [2.24, 2.45) is 10.9 Å². The summed E-state index contributed by atoms with van der Waals surface area (Å²) in [6.07, 6.45) is 1.83. The lowest BCUT2D eigenvalue weighted by atomic mass is 9.98. The van der Waals surface area contributed by atoms with Gasteiger partial charge in [0.2, 0.25) is 0 Å². The van der Waals surface area contributed by atoms with E-state index in [1.54, 1.807) is 0 Å². The third kappa shape index (κ3) is 6.33. The molecule has 1 aliphatic rings. The first kappa shape index (κ1) is 20.2. The van der Waals surface area contributed by atoms with Crippen molar-refractivity contribution in [2.75, 3.05) is 32.8 Å². The van der Waals surface area contributed by atoms with Crippen molar-refractivity contribution in [3.63, 3.8) is 0 Å². The molecule has 2 rings (SSSR count). The third-order valence-electron chi connectivity index (χ3n) is 4.44. The number of piperidine rings is 1. The Morgan fingerprint density at radius 2 is 2.15 bits per heavy atom. The molecule has 6 heteroatoms. The number of ether oxygens (including phenoxy) is 1. The Hall–Kier alpha value is -2.08. The van der Waals surface area contributed by atoms with Crippen LogP contribution in [0.3, 0.4) is 0 Å². The first-order valence-corrected chi connectivity index (χ1v) is 9.55. The number of aliphatic imine (C=N–C) groups is 1. The van der Waals surface area contributed by atoms with E-state index in [-0.39, 0.29) is 11.9 Å². The molecule has 6 nitrogen and oxygen atoms in total. The highest BCUT2D eigenvalue weighted by Crippen LogP contribution is 2.18. The summed E-state index contributed by atoms with van der Waals surface area (Å²) in [5.41, 5.74) is 1.10. The molecule has 0 bridgehead atoms. The van der Waals surface area contributed by atoms with Gasteiger partial charge in [-0.1, -0.05) is 30.3 Å². The number of aliphatic hydroxyl groups excluding tert-OH is 1. The van der Waals surface area contributed by atoms with Gasteiger partial charge in [-0.15, -0.1) is 0 Å². The molecule has 0 aromatic heterocycles. The molecule has 1 aromatic carbocycles. The van der Waals surface area contributed by atoms with Crippen molar-refractivity contribution in [1.29, 1.82) is 0 Å². The maximum Gasteiger partial charge on any atom is 0.310 e. The number of guanidine groups is 1. The van der Waals surface area contributed by atoms with Crippen LogP contribution in [0.1, 0.15) is 32.3 Å². The summed E-state index contributed by atoms with van der Waals surface area (Å²) < 4.78 is 5.17. The highest BCUT2D eigenvalue weighted by atomic mass is 16.5. The molecule has 1 aliphatic heterocycles. The van der Waals surface area contributed by atoms with E-state index in [0.717, 1.165) is 37.5 Å². The average molecular weight is 361 g/mol. The van der Waals surface area contributed by atoms with Crippen LogP contribution in [0.2, 0.25) is 0 Å². The van der Waals surface area contributed by atoms with Crippen LogP contribution in [-0.4, -0.2) is 60.8 Å². The van der Waals surface area contributed by atoms with Gasteiger partial charge in [-0.2, -0.15) is 0 Å². The molecule has 144 valence electrons. The van der Waals surface area contributed by atoms with Crippen molar-refractivity contribution in [2.45, 2.75) is 39.2 Å². The Morgan fingerprint density at radius 1 is 1.38 bits per heavy atom. The number of hydrogen-bond donors (Lipinski definition) is 2. The molecule has 1 fully saturated rings. The lowest BCUT2D eigenvalue weighted by molar-refractivity contribution is -0.149. The van der Waals surface area contributed by atoms with E-state index in [0.29, 0.717) is 26.1 Å². The minimum absolute atomic E-state index is 0.109. The van der Waals surface area contributed by atoms with Gasteiger partial charge in [0, 0.05) is 26.1 Å². The standard InChI is InChI=1S/C20H31N3O3/c1-3-21-20(22-14-18(24)13-16-9-6-5-7-10-16)23-12-8-11-17(15-23)19(25)26-4-2/h5-7,9-10,17-18,24H,3-4,8,11-15H2,1-2H3,(H,21,22). The third-order valence-corrected chi connectivity index (χ3v) is 4.44. The Bertz CT molecular complexity index is 577. The van der Waals surface area contributed by atoms with Crippen LogP contribution in [0.5, 0.6) is 0 Å². The van der Waals surface area contributed by atoms with Crippen LogP contribution in [0.4, 0.5) is 0 Å². The minimum Gasteiger partial charge on any atom is -0.466 e. The van der Waals surface area contributed by atoms with E-state index in [1.165, 1.54) is 0 Å². The summed E-state index contributed by atoms with van der Waals surface area (Å²) in [6.45, 7) is 6.80. The first-order chi connectivity index (χ1) is 12.6. The highest BCUT2D eigenvalue weighted by Gasteiger charge is 2.28. The van der Waals surface area contributed by atoms with E-state index >= 15 is 0 Å². The summed E-state index contributed by atoms with van der Waals surface area (Å²) in [4.78, 5) is 18.7. The quantitative estimate of drug-likeness (QED) is 0.440. The second-order valence-corrected chi connectivity index (χ2v) is 6.58. The van der Waals surface area contributed by atoms with Gasteiger partial charge < -0.3 is 20.1 Å². The number of carbonyl (C=O) groups excluding carboxylic acids is 1. The highest BCUT2D eigenvalue weighted by molar-refractivity contribution is 5.81. The summed E-state index contributed by atoms with van der Waals surface area (Å²) in [6, 6.07) is 9.92. The Morgan fingerprint density at radius 3 is 2.85 bits per heavy atom. The molecule has 26 heavy (non-hydrogen) atoms.